The number of likely N-dealkylation sites (tertiary alicyclic amines) is 1. The first kappa shape index (κ1) is 23.1. The maximum absolute atomic E-state index is 12.8. The number of piperidine rings is 1. The number of hydrogen-bond acceptors (Lipinski definition) is 4. The van der Waals surface area contributed by atoms with E-state index in [0.717, 1.165) is 65.2 Å². The predicted molar refractivity (Wildman–Crippen MR) is 126 cm³/mol. The Morgan fingerprint density at radius 3 is 2.40 bits per heavy atom. The predicted octanol–water partition coefficient (Wildman–Crippen LogP) is 3.52. The van der Waals surface area contributed by atoms with Gasteiger partial charge in [0.25, 0.3) is 0 Å². The number of nitrogens with zero attached hydrogens (tertiary/aromatic N) is 3. The van der Waals surface area contributed by atoms with Crippen LogP contribution in [0, 0.1) is 12.8 Å². The van der Waals surface area contributed by atoms with Gasteiger partial charge < -0.3 is 10.2 Å². The van der Waals surface area contributed by atoms with Gasteiger partial charge in [-0.25, -0.2) is 0 Å². The molecule has 0 bridgehead atoms. The molecule has 1 aromatic carbocycles. The number of hydrogen-bond donors (Lipinski definition) is 1. The molecule has 0 spiro atoms. The van der Waals surface area contributed by atoms with Crippen molar-refractivity contribution in [3.63, 3.8) is 0 Å². The second-order valence-electron chi connectivity index (χ2n) is 9.45. The van der Waals surface area contributed by atoms with E-state index >= 15 is 0 Å². The molecule has 1 atom stereocenters. The minimum atomic E-state index is 0.0417. The van der Waals surface area contributed by atoms with Crippen molar-refractivity contribution in [3.05, 3.63) is 29.8 Å². The Labute approximate surface area is 183 Å². The highest BCUT2D eigenvalue weighted by molar-refractivity contribution is 5.82. The van der Waals surface area contributed by atoms with E-state index in [4.69, 9.17) is 0 Å². The van der Waals surface area contributed by atoms with E-state index in [1.54, 1.807) is 0 Å². The Kier molecular flexibility index (Phi) is 9.01. The zero-order chi connectivity index (χ0) is 21.3. The molecule has 2 aliphatic rings. The van der Waals surface area contributed by atoms with Crippen LogP contribution in [-0.4, -0.2) is 74.1 Å². The molecule has 2 aliphatic heterocycles. The van der Waals surface area contributed by atoms with E-state index < -0.39 is 0 Å². The molecule has 1 aromatic rings. The van der Waals surface area contributed by atoms with Gasteiger partial charge in [-0.3, -0.25) is 14.6 Å². The highest BCUT2D eigenvalue weighted by Gasteiger charge is 2.29. The van der Waals surface area contributed by atoms with Crippen LogP contribution in [0.4, 0.5) is 5.69 Å². The third kappa shape index (κ3) is 6.71. The molecule has 3 rings (SSSR count). The van der Waals surface area contributed by atoms with Crippen LogP contribution in [-0.2, 0) is 4.79 Å². The number of piperazine rings is 1. The maximum atomic E-state index is 12.8. The molecule has 1 amide bonds. The number of carbonyl (C=O) groups is 1. The molecular formula is C25H42N4O. The summed E-state index contributed by atoms with van der Waals surface area (Å²) in [5.41, 5.74) is 2.68. The Hall–Kier alpha value is -1.59. The summed E-state index contributed by atoms with van der Waals surface area (Å²) >= 11 is 0. The number of benzene rings is 1. The molecule has 0 saturated carbocycles. The highest BCUT2D eigenvalue weighted by Crippen LogP contribution is 2.19. The first-order valence-electron chi connectivity index (χ1n) is 12.1. The topological polar surface area (TPSA) is 38.8 Å². The molecular weight excluding hydrogens is 372 g/mol. The number of carbonyl (C=O) groups excluding carboxylic acids is 1. The number of anilines is 1. The summed E-state index contributed by atoms with van der Waals surface area (Å²) in [6.07, 6.45) is 5.99. The normalized spacial score (nSPS) is 19.8. The minimum absolute atomic E-state index is 0.0417. The number of amides is 1. The van der Waals surface area contributed by atoms with Gasteiger partial charge in [0.15, 0.2) is 0 Å². The number of unbranched alkanes of at least 4 members (excludes halogenated alkanes) is 1. The molecule has 5 nitrogen and oxygen atoms in total. The van der Waals surface area contributed by atoms with Crippen LogP contribution in [0.25, 0.3) is 0 Å². The van der Waals surface area contributed by atoms with Crippen molar-refractivity contribution in [3.8, 4) is 0 Å². The number of rotatable bonds is 9. The van der Waals surface area contributed by atoms with Gasteiger partial charge in [-0.1, -0.05) is 32.4 Å². The fourth-order valence-corrected chi connectivity index (χ4v) is 4.92. The molecule has 1 unspecified atom stereocenters. The van der Waals surface area contributed by atoms with Crippen LogP contribution in [0.15, 0.2) is 24.3 Å². The van der Waals surface area contributed by atoms with Crippen molar-refractivity contribution in [2.24, 2.45) is 5.92 Å². The molecule has 2 fully saturated rings. The van der Waals surface area contributed by atoms with Crippen molar-refractivity contribution in [1.29, 1.82) is 0 Å². The van der Waals surface area contributed by atoms with Gasteiger partial charge in [-0.2, -0.15) is 0 Å². The van der Waals surface area contributed by atoms with Crippen molar-refractivity contribution < 1.29 is 4.79 Å². The monoisotopic (exact) mass is 414 g/mol. The Bertz CT molecular complexity index is 648. The smallest absolute Gasteiger partial charge is 0.237 e. The van der Waals surface area contributed by atoms with Crippen LogP contribution in [0.2, 0.25) is 0 Å². The van der Waals surface area contributed by atoms with Gasteiger partial charge in [0.2, 0.25) is 5.91 Å². The second-order valence-corrected chi connectivity index (χ2v) is 9.45. The van der Waals surface area contributed by atoms with Gasteiger partial charge in [-0.15, -0.1) is 0 Å². The average molecular weight is 415 g/mol. The molecule has 0 aromatic heterocycles. The van der Waals surface area contributed by atoms with Gasteiger partial charge in [0, 0.05) is 38.4 Å². The zero-order valence-corrected chi connectivity index (χ0v) is 19.4. The first-order chi connectivity index (χ1) is 14.5. The van der Waals surface area contributed by atoms with Crippen LogP contribution in [0.3, 0.4) is 0 Å². The first-order valence-corrected chi connectivity index (χ1v) is 12.1. The summed E-state index contributed by atoms with van der Waals surface area (Å²) in [5, 5.41) is 3.23. The van der Waals surface area contributed by atoms with Crippen LogP contribution in [0.1, 0.15) is 51.5 Å². The Morgan fingerprint density at radius 1 is 1.00 bits per heavy atom. The standard InChI is InChI=1S/C25H42N4O/c1-21(2)24(29-14-6-4-7-15-29)25(30)26-12-5-8-13-27-16-18-28(19-17-27)23-11-9-10-22(3)20-23/h9-11,20-21,24H,4-8,12-19H2,1-3H3,(H,26,30). The van der Waals surface area contributed by atoms with Gasteiger partial charge >= 0.3 is 0 Å². The lowest BCUT2D eigenvalue weighted by Crippen LogP contribution is -2.51. The Balaban J connectivity index is 1.31. The fraction of sp³-hybridized carbons (Fsp3) is 0.720. The lowest BCUT2D eigenvalue weighted by atomic mass is 9.98. The molecule has 30 heavy (non-hydrogen) atoms. The van der Waals surface area contributed by atoms with E-state index in [9.17, 15) is 4.79 Å². The van der Waals surface area contributed by atoms with Gasteiger partial charge in [0.1, 0.15) is 0 Å². The van der Waals surface area contributed by atoms with Crippen LogP contribution < -0.4 is 10.2 Å². The summed E-state index contributed by atoms with van der Waals surface area (Å²) in [7, 11) is 0. The zero-order valence-electron chi connectivity index (χ0n) is 19.4. The largest absolute Gasteiger partial charge is 0.369 e. The van der Waals surface area contributed by atoms with Gasteiger partial charge in [-0.05, 0) is 75.9 Å². The van der Waals surface area contributed by atoms with Crippen LogP contribution in [0.5, 0.6) is 0 Å². The minimum Gasteiger partial charge on any atom is -0.369 e. The summed E-state index contributed by atoms with van der Waals surface area (Å²) < 4.78 is 0. The summed E-state index contributed by atoms with van der Waals surface area (Å²) in [6.45, 7) is 15.1. The summed E-state index contributed by atoms with van der Waals surface area (Å²) in [4.78, 5) is 20.2. The van der Waals surface area contributed by atoms with E-state index in [-0.39, 0.29) is 11.9 Å². The SMILES string of the molecule is Cc1cccc(N2CCN(CCCCNC(=O)C(C(C)C)N3CCCCC3)CC2)c1. The molecule has 168 valence electrons. The van der Waals surface area contributed by atoms with Crippen LogP contribution >= 0.6 is 0 Å². The van der Waals surface area contributed by atoms with E-state index in [1.165, 1.54) is 30.5 Å². The van der Waals surface area contributed by atoms with E-state index in [1.807, 2.05) is 0 Å². The molecule has 0 aliphatic carbocycles. The van der Waals surface area contributed by atoms with Gasteiger partial charge in [0.05, 0.1) is 6.04 Å². The third-order valence-electron chi connectivity index (χ3n) is 6.62. The fourth-order valence-electron chi connectivity index (χ4n) is 4.92. The third-order valence-corrected chi connectivity index (χ3v) is 6.62. The van der Waals surface area contributed by atoms with E-state index in [0.29, 0.717) is 5.92 Å². The van der Waals surface area contributed by atoms with Crippen molar-refractivity contribution in [2.75, 3.05) is 57.3 Å². The number of nitrogens with one attached hydrogen (secondary N) is 1. The summed E-state index contributed by atoms with van der Waals surface area (Å²) in [6, 6.07) is 8.86. The lowest BCUT2D eigenvalue weighted by Gasteiger charge is -2.36. The molecule has 1 N–H and O–H groups in total. The highest BCUT2D eigenvalue weighted by atomic mass is 16.2. The van der Waals surface area contributed by atoms with Crippen molar-refractivity contribution in [2.45, 2.75) is 58.9 Å². The molecule has 0 radical (unpaired) electrons. The second kappa shape index (κ2) is 11.7. The molecule has 5 heteroatoms. The van der Waals surface area contributed by atoms with Crippen molar-refractivity contribution >= 4 is 11.6 Å². The average Bonchev–Trinajstić information content (AvgIpc) is 2.74. The summed E-state index contributed by atoms with van der Waals surface area (Å²) in [5.74, 6) is 0.603. The molecule has 2 saturated heterocycles. The Morgan fingerprint density at radius 2 is 1.73 bits per heavy atom. The van der Waals surface area contributed by atoms with Crippen molar-refractivity contribution in [1.82, 2.24) is 15.1 Å². The lowest BCUT2D eigenvalue weighted by molar-refractivity contribution is -0.128. The molecule has 2 heterocycles. The number of aryl methyl sites for hydroxylation is 1. The quantitative estimate of drug-likeness (QED) is 0.628. The van der Waals surface area contributed by atoms with E-state index in [2.05, 4.69) is 65.1 Å². The maximum Gasteiger partial charge on any atom is 0.237 e.